The van der Waals surface area contributed by atoms with Gasteiger partial charge in [-0.1, -0.05) is 34.1 Å². The van der Waals surface area contributed by atoms with Crippen LogP contribution in [0.1, 0.15) is 18.2 Å². The molecule has 0 aliphatic rings. The van der Waals surface area contributed by atoms with Gasteiger partial charge in [-0.05, 0) is 42.8 Å². The molecule has 8 heteroatoms. The second-order valence-electron chi connectivity index (χ2n) is 6.79. The highest BCUT2D eigenvalue weighted by atomic mass is 79.9. The van der Waals surface area contributed by atoms with E-state index < -0.39 is 0 Å². The summed E-state index contributed by atoms with van der Waals surface area (Å²) >= 11 is 5.08. The van der Waals surface area contributed by atoms with Crippen molar-refractivity contribution in [3.8, 4) is 16.3 Å². The molecule has 0 bridgehead atoms. The quantitative estimate of drug-likeness (QED) is 0.354. The first-order valence-electron chi connectivity index (χ1n) is 9.85. The third kappa shape index (κ3) is 5.39. The smallest absolute Gasteiger partial charge is 0.231 e. The van der Waals surface area contributed by atoms with Gasteiger partial charge in [-0.2, -0.15) is 5.10 Å². The highest BCUT2D eigenvalue weighted by Gasteiger charge is 2.12. The Kier molecular flexibility index (Phi) is 6.79. The molecule has 6 nitrogen and oxygen atoms in total. The molecule has 0 saturated carbocycles. The zero-order chi connectivity index (χ0) is 21.6. The van der Waals surface area contributed by atoms with Crippen LogP contribution in [0.15, 0.2) is 70.6 Å². The van der Waals surface area contributed by atoms with E-state index in [-0.39, 0.29) is 12.3 Å². The Hall–Kier alpha value is -2.97. The average molecular weight is 497 g/mol. The highest BCUT2D eigenvalue weighted by molar-refractivity contribution is 9.10. The number of ether oxygens (including phenoxy) is 1. The molecule has 2 heterocycles. The van der Waals surface area contributed by atoms with Crippen LogP contribution in [0.3, 0.4) is 0 Å². The van der Waals surface area contributed by atoms with E-state index >= 15 is 0 Å². The Labute approximate surface area is 193 Å². The van der Waals surface area contributed by atoms with Crippen molar-refractivity contribution < 1.29 is 9.53 Å². The van der Waals surface area contributed by atoms with E-state index in [0.29, 0.717) is 19.0 Å². The molecule has 1 amide bonds. The number of amides is 1. The first-order chi connectivity index (χ1) is 15.1. The largest absolute Gasteiger partial charge is 0.494 e. The normalized spacial score (nSPS) is 10.8. The topological polar surface area (TPSA) is 69.0 Å². The minimum Gasteiger partial charge on any atom is -0.494 e. The van der Waals surface area contributed by atoms with Crippen LogP contribution >= 0.6 is 27.3 Å². The van der Waals surface area contributed by atoms with Crippen molar-refractivity contribution in [2.45, 2.75) is 19.9 Å². The Morgan fingerprint density at radius 3 is 2.74 bits per heavy atom. The number of benzene rings is 2. The number of rotatable bonds is 8. The third-order valence-corrected chi connectivity index (χ3v) is 6.28. The van der Waals surface area contributed by atoms with Gasteiger partial charge in [-0.3, -0.25) is 4.79 Å². The number of aromatic nitrogens is 3. The number of halogens is 1. The molecule has 0 unspecified atom stereocenters. The summed E-state index contributed by atoms with van der Waals surface area (Å²) in [6, 6.07) is 17.6. The standard InChI is InChI=1S/C23H21BrN4O2S/c1-2-30-19-9-7-16(8-10-19)23-26-18(15-31-23)13-22(29)27-21-11-12-25-28(21)14-17-5-3-4-6-20(17)24/h3-12,15H,2,13-14H2,1H3,(H,27,29). The maximum absolute atomic E-state index is 12.6. The number of thiazole rings is 1. The highest BCUT2D eigenvalue weighted by Crippen LogP contribution is 2.26. The molecule has 0 aliphatic carbocycles. The molecule has 0 aliphatic heterocycles. The van der Waals surface area contributed by atoms with Gasteiger partial charge in [0.05, 0.1) is 31.5 Å². The van der Waals surface area contributed by atoms with Crippen molar-refractivity contribution in [1.82, 2.24) is 14.8 Å². The van der Waals surface area contributed by atoms with Crippen molar-refractivity contribution in [2.24, 2.45) is 0 Å². The first kappa shape index (κ1) is 21.3. The summed E-state index contributed by atoms with van der Waals surface area (Å²) in [4.78, 5) is 17.2. The van der Waals surface area contributed by atoms with Gasteiger partial charge in [-0.25, -0.2) is 9.67 Å². The van der Waals surface area contributed by atoms with Crippen molar-refractivity contribution >= 4 is 39.0 Å². The maximum Gasteiger partial charge on any atom is 0.231 e. The summed E-state index contributed by atoms with van der Waals surface area (Å²) in [5.74, 6) is 1.36. The minimum atomic E-state index is -0.127. The van der Waals surface area contributed by atoms with Crippen LogP contribution in [0.25, 0.3) is 10.6 Å². The van der Waals surface area contributed by atoms with Crippen LogP contribution in [0.2, 0.25) is 0 Å². The van der Waals surface area contributed by atoms with Crippen molar-refractivity contribution in [3.05, 3.63) is 81.9 Å². The SMILES string of the molecule is CCOc1ccc(-c2nc(CC(=O)Nc3ccnn3Cc3ccccc3Br)cs2)cc1. The van der Waals surface area contributed by atoms with Gasteiger partial charge in [-0.15, -0.1) is 11.3 Å². The fourth-order valence-corrected chi connectivity index (χ4v) is 4.32. The van der Waals surface area contributed by atoms with Crippen molar-refractivity contribution in [3.63, 3.8) is 0 Å². The molecule has 4 rings (SSSR count). The summed E-state index contributed by atoms with van der Waals surface area (Å²) in [5.41, 5.74) is 2.83. The lowest BCUT2D eigenvalue weighted by Gasteiger charge is -2.10. The van der Waals surface area contributed by atoms with Crippen molar-refractivity contribution in [2.75, 3.05) is 11.9 Å². The molecule has 4 aromatic rings. The molecule has 158 valence electrons. The fourth-order valence-electron chi connectivity index (χ4n) is 3.09. The molecule has 2 aromatic carbocycles. The molecule has 2 aromatic heterocycles. The number of hydrogen-bond acceptors (Lipinski definition) is 5. The number of hydrogen-bond donors (Lipinski definition) is 1. The zero-order valence-electron chi connectivity index (χ0n) is 16.9. The van der Waals surface area contributed by atoms with Crippen LogP contribution < -0.4 is 10.1 Å². The molecule has 0 saturated heterocycles. The van der Waals surface area contributed by atoms with E-state index in [0.717, 1.165) is 32.1 Å². The van der Waals surface area contributed by atoms with Gasteiger partial charge < -0.3 is 10.1 Å². The van der Waals surface area contributed by atoms with Crippen LogP contribution in [0.5, 0.6) is 5.75 Å². The summed E-state index contributed by atoms with van der Waals surface area (Å²) in [6.45, 7) is 3.15. The molecular weight excluding hydrogens is 476 g/mol. The Bertz CT molecular complexity index is 1170. The van der Waals surface area contributed by atoms with Crippen LogP contribution in [-0.2, 0) is 17.8 Å². The first-order valence-corrected chi connectivity index (χ1v) is 11.5. The lowest BCUT2D eigenvalue weighted by atomic mass is 10.2. The molecular formula is C23H21BrN4O2S. The molecule has 0 radical (unpaired) electrons. The van der Waals surface area contributed by atoms with Crippen LogP contribution in [0.4, 0.5) is 5.82 Å². The summed E-state index contributed by atoms with van der Waals surface area (Å²) in [7, 11) is 0. The van der Waals surface area contributed by atoms with E-state index in [1.807, 2.05) is 60.8 Å². The number of carbonyl (C=O) groups excluding carboxylic acids is 1. The molecule has 1 N–H and O–H groups in total. The van der Waals surface area contributed by atoms with Gasteiger partial charge in [0.2, 0.25) is 5.91 Å². The predicted molar refractivity (Wildman–Crippen MR) is 127 cm³/mol. The molecule has 31 heavy (non-hydrogen) atoms. The third-order valence-electron chi connectivity index (χ3n) is 4.57. The Balaban J connectivity index is 1.39. The van der Waals surface area contributed by atoms with E-state index in [1.54, 1.807) is 16.9 Å². The van der Waals surface area contributed by atoms with Crippen LogP contribution in [0, 0.1) is 0 Å². The molecule has 0 atom stereocenters. The fraction of sp³-hybridized carbons (Fsp3) is 0.174. The minimum absolute atomic E-state index is 0.127. The summed E-state index contributed by atoms with van der Waals surface area (Å²) in [6.07, 6.45) is 1.88. The second-order valence-corrected chi connectivity index (χ2v) is 8.50. The number of nitrogens with one attached hydrogen (secondary N) is 1. The number of nitrogens with zero attached hydrogens (tertiary/aromatic N) is 3. The van der Waals surface area contributed by atoms with E-state index in [4.69, 9.17) is 4.74 Å². The zero-order valence-corrected chi connectivity index (χ0v) is 19.3. The van der Waals surface area contributed by atoms with Gasteiger partial charge in [0.1, 0.15) is 16.6 Å². The second kappa shape index (κ2) is 9.89. The van der Waals surface area contributed by atoms with Gasteiger partial charge in [0.15, 0.2) is 0 Å². The monoisotopic (exact) mass is 496 g/mol. The summed E-state index contributed by atoms with van der Waals surface area (Å²) < 4.78 is 8.25. The average Bonchev–Trinajstić information content (AvgIpc) is 3.40. The molecule has 0 fully saturated rings. The van der Waals surface area contributed by atoms with Gasteiger partial charge in [0, 0.05) is 21.5 Å². The maximum atomic E-state index is 12.6. The van der Waals surface area contributed by atoms with E-state index in [9.17, 15) is 4.79 Å². The predicted octanol–water partition coefficient (Wildman–Crippen LogP) is 5.40. The Morgan fingerprint density at radius 1 is 1.16 bits per heavy atom. The van der Waals surface area contributed by atoms with Crippen molar-refractivity contribution in [1.29, 1.82) is 0 Å². The Morgan fingerprint density at radius 2 is 1.97 bits per heavy atom. The lowest BCUT2D eigenvalue weighted by molar-refractivity contribution is -0.115. The van der Waals surface area contributed by atoms with Gasteiger partial charge in [0.25, 0.3) is 0 Å². The van der Waals surface area contributed by atoms with Crippen LogP contribution in [-0.4, -0.2) is 27.3 Å². The molecule has 0 spiro atoms. The van der Waals surface area contributed by atoms with Gasteiger partial charge >= 0.3 is 0 Å². The number of carbonyl (C=O) groups is 1. The summed E-state index contributed by atoms with van der Waals surface area (Å²) in [5, 5.41) is 10.1. The van der Waals surface area contributed by atoms with E-state index in [2.05, 4.69) is 31.3 Å². The lowest BCUT2D eigenvalue weighted by Crippen LogP contribution is -2.18. The van der Waals surface area contributed by atoms with E-state index in [1.165, 1.54) is 11.3 Å². The number of anilines is 1.